The number of benzene rings is 1. The van der Waals surface area contributed by atoms with E-state index in [-0.39, 0.29) is 23.9 Å². The van der Waals surface area contributed by atoms with Crippen LogP contribution in [0.25, 0.3) is 16.3 Å². The van der Waals surface area contributed by atoms with Crippen LogP contribution in [-0.2, 0) is 0 Å². The van der Waals surface area contributed by atoms with Gasteiger partial charge in [0.2, 0.25) is 0 Å². The maximum absolute atomic E-state index is 12.9. The van der Waals surface area contributed by atoms with Crippen LogP contribution < -0.4 is 11.1 Å². The van der Waals surface area contributed by atoms with Gasteiger partial charge in [0.15, 0.2) is 5.69 Å². The Kier molecular flexibility index (Phi) is 5.69. The van der Waals surface area contributed by atoms with Gasteiger partial charge in [-0.3, -0.25) is 4.79 Å². The summed E-state index contributed by atoms with van der Waals surface area (Å²) in [6, 6.07) is 15.8. The van der Waals surface area contributed by atoms with Crippen LogP contribution in [0.4, 0.5) is 0 Å². The molecule has 1 fully saturated rings. The van der Waals surface area contributed by atoms with Gasteiger partial charge in [-0.2, -0.15) is 5.10 Å². The van der Waals surface area contributed by atoms with Gasteiger partial charge in [-0.25, -0.2) is 4.68 Å². The molecule has 2 heterocycles. The lowest BCUT2D eigenvalue weighted by Crippen LogP contribution is -2.53. The zero-order valence-electron chi connectivity index (χ0n) is 15.1. The number of carbonyl (C=O) groups excluding carboxylic acids is 1. The van der Waals surface area contributed by atoms with Crippen molar-refractivity contribution in [3.63, 3.8) is 0 Å². The minimum Gasteiger partial charge on any atom is -0.344 e. The van der Waals surface area contributed by atoms with Gasteiger partial charge in [0.05, 0.1) is 21.8 Å². The van der Waals surface area contributed by atoms with E-state index in [0.29, 0.717) is 18.2 Å². The van der Waals surface area contributed by atoms with E-state index in [1.165, 1.54) is 0 Å². The number of thiophene rings is 1. The molecule has 0 aliphatic heterocycles. The molecule has 1 atom stereocenters. The van der Waals surface area contributed by atoms with Gasteiger partial charge in [0.1, 0.15) is 0 Å². The van der Waals surface area contributed by atoms with Crippen LogP contribution >= 0.6 is 23.7 Å². The molecule has 27 heavy (non-hydrogen) atoms. The van der Waals surface area contributed by atoms with E-state index in [9.17, 15) is 4.79 Å². The lowest BCUT2D eigenvalue weighted by atomic mass is 9.96. The Morgan fingerprint density at radius 3 is 2.63 bits per heavy atom. The predicted octanol–water partition coefficient (Wildman–Crippen LogP) is 3.88. The molecule has 4 rings (SSSR count). The molecule has 0 spiro atoms. The van der Waals surface area contributed by atoms with Crippen molar-refractivity contribution < 1.29 is 4.79 Å². The van der Waals surface area contributed by atoms with Gasteiger partial charge in [-0.1, -0.05) is 24.3 Å². The zero-order valence-corrected chi connectivity index (χ0v) is 16.7. The summed E-state index contributed by atoms with van der Waals surface area (Å²) in [5.74, 6) is 0.293. The van der Waals surface area contributed by atoms with E-state index in [1.807, 2.05) is 65.5 Å². The second kappa shape index (κ2) is 7.84. The minimum atomic E-state index is -0.364. The van der Waals surface area contributed by atoms with Crippen molar-refractivity contribution in [1.82, 2.24) is 15.1 Å². The van der Waals surface area contributed by atoms with Crippen molar-refractivity contribution in [2.75, 3.05) is 6.54 Å². The number of nitrogens with one attached hydrogen (secondary N) is 1. The molecule has 0 saturated heterocycles. The van der Waals surface area contributed by atoms with E-state index in [1.54, 1.807) is 11.3 Å². The molecular weight excluding hydrogens is 380 g/mol. The van der Waals surface area contributed by atoms with Crippen LogP contribution in [0.2, 0.25) is 0 Å². The number of nitrogens with zero attached hydrogens (tertiary/aromatic N) is 2. The summed E-state index contributed by atoms with van der Waals surface area (Å²) in [5, 5.41) is 9.75. The first-order valence-electron chi connectivity index (χ1n) is 8.83. The maximum Gasteiger partial charge on any atom is 0.272 e. The number of rotatable bonds is 6. The van der Waals surface area contributed by atoms with Gasteiger partial charge >= 0.3 is 0 Å². The molecule has 3 aromatic rings. The molecular formula is C20H23ClN4OS. The molecule has 142 valence electrons. The Morgan fingerprint density at radius 1 is 1.30 bits per heavy atom. The van der Waals surface area contributed by atoms with E-state index in [2.05, 4.69) is 10.4 Å². The highest BCUT2D eigenvalue weighted by molar-refractivity contribution is 7.13. The van der Waals surface area contributed by atoms with Gasteiger partial charge in [0.25, 0.3) is 5.91 Å². The normalized spacial score (nSPS) is 15.6. The average molecular weight is 403 g/mol. The first kappa shape index (κ1) is 19.6. The molecule has 1 aliphatic carbocycles. The predicted molar refractivity (Wildman–Crippen MR) is 112 cm³/mol. The van der Waals surface area contributed by atoms with Crippen LogP contribution in [0.5, 0.6) is 0 Å². The fourth-order valence-electron chi connectivity index (χ4n) is 3.22. The van der Waals surface area contributed by atoms with Crippen molar-refractivity contribution in [3.8, 4) is 16.3 Å². The zero-order chi connectivity index (χ0) is 18.1. The Labute approximate surface area is 169 Å². The van der Waals surface area contributed by atoms with Crippen molar-refractivity contribution in [2.45, 2.75) is 25.3 Å². The SMILES string of the molecule is CC(CN)(NC(=O)c1cc(-c2cccs2)n(-c2ccccc2)n1)C1CC1.Cl. The molecule has 5 nitrogen and oxygen atoms in total. The number of amides is 1. The topological polar surface area (TPSA) is 72.9 Å². The molecule has 7 heteroatoms. The molecule has 1 saturated carbocycles. The van der Waals surface area contributed by atoms with Crippen molar-refractivity contribution in [2.24, 2.45) is 11.7 Å². The van der Waals surface area contributed by atoms with Crippen LogP contribution in [0, 0.1) is 5.92 Å². The van der Waals surface area contributed by atoms with E-state index in [0.717, 1.165) is 29.1 Å². The van der Waals surface area contributed by atoms with Gasteiger partial charge in [-0.05, 0) is 55.3 Å². The van der Waals surface area contributed by atoms with Gasteiger partial charge < -0.3 is 11.1 Å². The molecule has 1 aromatic carbocycles. The van der Waals surface area contributed by atoms with E-state index >= 15 is 0 Å². The summed E-state index contributed by atoms with van der Waals surface area (Å²) in [7, 11) is 0. The first-order valence-corrected chi connectivity index (χ1v) is 9.70. The lowest BCUT2D eigenvalue weighted by Gasteiger charge is -2.29. The summed E-state index contributed by atoms with van der Waals surface area (Å²) in [6.45, 7) is 2.46. The Morgan fingerprint density at radius 2 is 2.04 bits per heavy atom. The second-order valence-electron chi connectivity index (χ2n) is 6.99. The Hall–Kier alpha value is -2.15. The van der Waals surface area contributed by atoms with Crippen molar-refractivity contribution in [3.05, 3.63) is 59.6 Å². The summed E-state index contributed by atoms with van der Waals surface area (Å²) in [5.41, 5.74) is 7.83. The Bertz CT molecular complexity index is 905. The third-order valence-electron chi connectivity index (χ3n) is 5.02. The monoisotopic (exact) mass is 402 g/mol. The molecule has 2 aromatic heterocycles. The summed E-state index contributed by atoms with van der Waals surface area (Å²) in [4.78, 5) is 14.0. The van der Waals surface area contributed by atoms with E-state index < -0.39 is 0 Å². The average Bonchev–Trinajstić information content (AvgIpc) is 3.21. The van der Waals surface area contributed by atoms with E-state index in [4.69, 9.17) is 5.73 Å². The minimum absolute atomic E-state index is 0. The molecule has 1 unspecified atom stereocenters. The highest BCUT2D eigenvalue weighted by Crippen LogP contribution is 2.39. The highest BCUT2D eigenvalue weighted by Gasteiger charge is 2.42. The number of aromatic nitrogens is 2. The lowest BCUT2D eigenvalue weighted by molar-refractivity contribution is 0.0892. The third-order valence-corrected chi connectivity index (χ3v) is 5.91. The number of hydrogen-bond donors (Lipinski definition) is 2. The number of nitrogens with two attached hydrogens (primary N) is 1. The third kappa shape index (κ3) is 3.93. The fourth-order valence-corrected chi connectivity index (χ4v) is 3.95. The van der Waals surface area contributed by atoms with Crippen molar-refractivity contribution in [1.29, 1.82) is 0 Å². The molecule has 0 radical (unpaired) electrons. The number of halogens is 1. The second-order valence-corrected chi connectivity index (χ2v) is 7.94. The van der Waals surface area contributed by atoms with Crippen LogP contribution in [0.15, 0.2) is 53.9 Å². The highest BCUT2D eigenvalue weighted by atomic mass is 35.5. The molecule has 3 N–H and O–H groups in total. The summed E-state index contributed by atoms with van der Waals surface area (Å²) in [6.07, 6.45) is 2.24. The Balaban J connectivity index is 0.00000210. The number of para-hydroxylation sites is 1. The fraction of sp³-hybridized carbons (Fsp3) is 0.300. The summed E-state index contributed by atoms with van der Waals surface area (Å²) >= 11 is 1.63. The largest absolute Gasteiger partial charge is 0.344 e. The number of hydrogen-bond acceptors (Lipinski definition) is 4. The number of carbonyl (C=O) groups is 1. The van der Waals surface area contributed by atoms with Crippen LogP contribution in [-0.4, -0.2) is 27.8 Å². The molecule has 1 amide bonds. The van der Waals surface area contributed by atoms with Gasteiger partial charge in [-0.15, -0.1) is 23.7 Å². The van der Waals surface area contributed by atoms with Gasteiger partial charge in [0, 0.05) is 6.54 Å². The smallest absolute Gasteiger partial charge is 0.272 e. The standard InChI is InChI=1S/C20H22N4OS.ClH/c1-20(13-21,14-9-10-14)22-19(25)16-12-17(18-8-5-11-26-18)24(23-16)15-6-3-2-4-7-15;/h2-8,11-12,14H,9-10,13,21H2,1H3,(H,22,25);1H. The molecule has 1 aliphatic rings. The summed E-state index contributed by atoms with van der Waals surface area (Å²) < 4.78 is 1.83. The van der Waals surface area contributed by atoms with Crippen LogP contribution in [0.3, 0.4) is 0 Å². The van der Waals surface area contributed by atoms with Crippen LogP contribution in [0.1, 0.15) is 30.3 Å². The molecule has 0 bridgehead atoms. The maximum atomic E-state index is 12.9. The van der Waals surface area contributed by atoms with Crippen molar-refractivity contribution >= 4 is 29.7 Å². The quantitative estimate of drug-likeness (QED) is 0.657. The first-order chi connectivity index (χ1) is 12.6.